The van der Waals surface area contributed by atoms with E-state index in [2.05, 4.69) is 10.3 Å². The molecule has 0 saturated carbocycles. The summed E-state index contributed by atoms with van der Waals surface area (Å²) in [5, 5.41) is 3.09. The number of nitrogens with zero attached hydrogens (tertiary/aromatic N) is 2. The molecule has 0 aliphatic carbocycles. The lowest BCUT2D eigenvalue weighted by atomic mass is 10.2. The van der Waals surface area contributed by atoms with Gasteiger partial charge in [-0.1, -0.05) is 42.1 Å². The molecular weight excluding hydrogens is 326 g/mol. The van der Waals surface area contributed by atoms with Gasteiger partial charge in [-0.2, -0.15) is 0 Å². The molecule has 1 saturated heterocycles. The molecule has 24 heavy (non-hydrogen) atoms. The number of nitrogens with one attached hydrogen (secondary N) is 1. The summed E-state index contributed by atoms with van der Waals surface area (Å²) in [6.07, 6.45) is 3.74. The van der Waals surface area contributed by atoms with Crippen molar-refractivity contribution in [3.8, 4) is 11.3 Å². The van der Waals surface area contributed by atoms with E-state index in [0.717, 1.165) is 31.5 Å². The first kappa shape index (κ1) is 16.6. The van der Waals surface area contributed by atoms with E-state index in [1.807, 2.05) is 30.3 Å². The molecule has 7 heteroatoms. The van der Waals surface area contributed by atoms with Crippen molar-refractivity contribution in [2.75, 3.05) is 25.4 Å². The predicted octanol–water partition coefficient (Wildman–Crippen LogP) is 2.17. The minimum Gasteiger partial charge on any atom is -0.431 e. The third-order valence-electron chi connectivity index (χ3n) is 3.77. The largest absolute Gasteiger partial charge is 0.431 e. The maximum absolute atomic E-state index is 11.9. The Kier molecular flexibility index (Phi) is 5.53. The molecule has 1 fully saturated rings. The second-order valence-electron chi connectivity index (χ2n) is 5.51. The fourth-order valence-electron chi connectivity index (χ4n) is 2.49. The van der Waals surface area contributed by atoms with E-state index in [1.54, 1.807) is 11.1 Å². The minimum absolute atomic E-state index is 0.0201. The van der Waals surface area contributed by atoms with Crippen molar-refractivity contribution in [1.82, 2.24) is 15.2 Å². The molecule has 2 amide bonds. The Hall–Kier alpha value is -2.28. The molecule has 6 nitrogen and oxygen atoms in total. The summed E-state index contributed by atoms with van der Waals surface area (Å²) in [6, 6.07) is 9.66. The summed E-state index contributed by atoms with van der Waals surface area (Å²) in [6.45, 7) is 1.64. The van der Waals surface area contributed by atoms with E-state index in [0.29, 0.717) is 11.0 Å². The van der Waals surface area contributed by atoms with Gasteiger partial charge in [-0.05, 0) is 12.8 Å². The number of likely N-dealkylation sites (tertiary alicyclic amines) is 1. The van der Waals surface area contributed by atoms with E-state index < -0.39 is 0 Å². The Balaban J connectivity index is 1.43. The summed E-state index contributed by atoms with van der Waals surface area (Å²) in [7, 11) is 0. The Bertz CT molecular complexity index is 696. The highest BCUT2D eigenvalue weighted by molar-refractivity contribution is 7.99. The number of benzene rings is 1. The molecule has 2 aromatic rings. The van der Waals surface area contributed by atoms with Crippen LogP contribution in [0, 0.1) is 0 Å². The number of carbonyl (C=O) groups is 2. The average molecular weight is 345 g/mol. The van der Waals surface area contributed by atoms with E-state index in [-0.39, 0.29) is 24.1 Å². The first-order valence-electron chi connectivity index (χ1n) is 7.91. The highest BCUT2D eigenvalue weighted by Crippen LogP contribution is 2.24. The molecule has 126 valence electrons. The Morgan fingerprint density at radius 3 is 2.71 bits per heavy atom. The number of aromatic nitrogens is 1. The molecule has 0 unspecified atom stereocenters. The maximum atomic E-state index is 11.9. The highest BCUT2D eigenvalue weighted by atomic mass is 32.2. The number of carbonyl (C=O) groups excluding carboxylic acids is 2. The predicted molar refractivity (Wildman–Crippen MR) is 91.5 cm³/mol. The summed E-state index contributed by atoms with van der Waals surface area (Å²) in [5.41, 5.74) is 0.942. The SMILES string of the molecule is O=C(CSc1ncc(-c2ccccc2)o1)NCC(=O)N1CCCC1. The van der Waals surface area contributed by atoms with Gasteiger partial charge in [-0.3, -0.25) is 9.59 Å². The molecule has 1 aromatic carbocycles. The molecular formula is C17H19N3O3S. The van der Waals surface area contributed by atoms with Gasteiger partial charge in [-0.25, -0.2) is 4.98 Å². The zero-order chi connectivity index (χ0) is 16.8. The smallest absolute Gasteiger partial charge is 0.256 e. The minimum atomic E-state index is -0.202. The quantitative estimate of drug-likeness (QED) is 0.812. The zero-order valence-electron chi connectivity index (χ0n) is 13.2. The molecule has 1 aliphatic rings. The lowest BCUT2D eigenvalue weighted by molar-refractivity contribution is -0.131. The second kappa shape index (κ2) is 8.01. The summed E-state index contributed by atoms with van der Waals surface area (Å²) >= 11 is 1.21. The van der Waals surface area contributed by atoms with Gasteiger partial charge in [-0.15, -0.1) is 0 Å². The van der Waals surface area contributed by atoms with Crippen molar-refractivity contribution in [2.45, 2.75) is 18.1 Å². The van der Waals surface area contributed by atoms with E-state index in [9.17, 15) is 9.59 Å². The molecule has 0 atom stereocenters. The molecule has 1 aliphatic heterocycles. The monoisotopic (exact) mass is 345 g/mol. The number of rotatable bonds is 6. The number of oxazole rings is 1. The van der Waals surface area contributed by atoms with Gasteiger partial charge in [0.15, 0.2) is 5.76 Å². The summed E-state index contributed by atoms with van der Waals surface area (Å²) < 4.78 is 5.62. The van der Waals surface area contributed by atoms with Crippen LogP contribution < -0.4 is 5.32 Å². The van der Waals surface area contributed by atoms with Crippen LogP contribution in [0.2, 0.25) is 0 Å². The van der Waals surface area contributed by atoms with Gasteiger partial charge in [0.1, 0.15) is 0 Å². The third-order valence-corrected chi connectivity index (χ3v) is 4.61. The summed E-state index contributed by atoms with van der Waals surface area (Å²) in [4.78, 5) is 29.6. The number of amides is 2. The van der Waals surface area contributed by atoms with E-state index >= 15 is 0 Å². The van der Waals surface area contributed by atoms with Crippen LogP contribution in [0.4, 0.5) is 0 Å². The van der Waals surface area contributed by atoms with Crippen molar-refractivity contribution < 1.29 is 14.0 Å². The van der Waals surface area contributed by atoms with Crippen LogP contribution in [0.25, 0.3) is 11.3 Å². The fraction of sp³-hybridized carbons (Fsp3) is 0.353. The Morgan fingerprint density at radius 2 is 1.96 bits per heavy atom. The van der Waals surface area contributed by atoms with Gasteiger partial charge in [0.2, 0.25) is 11.8 Å². The van der Waals surface area contributed by atoms with Crippen LogP contribution in [0.15, 0.2) is 46.2 Å². The van der Waals surface area contributed by atoms with Crippen molar-refractivity contribution in [2.24, 2.45) is 0 Å². The normalized spacial score (nSPS) is 13.9. The van der Waals surface area contributed by atoms with Crippen molar-refractivity contribution >= 4 is 23.6 Å². The van der Waals surface area contributed by atoms with Crippen molar-refractivity contribution in [1.29, 1.82) is 0 Å². The van der Waals surface area contributed by atoms with Gasteiger partial charge in [0, 0.05) is 18.7 Å². The molecule has 0 radical (unpaired) electrons. The fourth-order valence-corrected chi connectivity index (χ4v) is 3.12. The number of thioether (sulfide) groups is 1. The topological polar surface area (TPSA) is 75.4 Å². The zero-order valence-corrected chi connectivity index (χ0v) is 14.1. The second-order valence-corrected chi connectivity index (χ2v) is 6.44. The molecule has 0 bridgehead atoms. The molecule has 0 spiro atoms. The number of hydrogen-bond donors (Lipinski definition) is 1. The van der Waals surface area contributed by atoms with Gasteiger partial charge < -0.3 is 14.6 Å². The van der Waals surface area contributed by atoms with Crippen molar-refractivity contribution in [3.05, 3.63) is 36.5 Å². The lowest BCUT2D eigenvalue weighted by Gasteiger charge is -2.15. The third kappa shape index (κ3) is 4.38. The van der Waals surface area contributed by atoms with Crippen LogP contribution >= 0.6 is 11.8 Å². The van der Waals surface area contributed by atoms with Gasteiger partial charge in [0.05, 0.1) is 18.5 Å². The maximum Gasteiger partial charge on any atom is 0.256 e. The first-order chi connectivity index (χ1) is 11.7. The van der Waals surface area contributed by atoms with Gasteiger partial charge >= 0.3 is 0 Å². The van der Waals surface area contributed by atoms with Crippen LogP contribution in [-0.2, 0) is 9.59 Å². The molecule has 1 aromatic heterocycles. The average Bonchev–Trinajstić information content (AvgIpc) is 3.30. The van der Waals surface area contributed by atoms with Crippen LogP contribution in [0.5, 0.6) is 0 Å². The molecule has 2 heterocycles. The summed E-state index contributed by atoms with van der Waals surface area (Å²) in [5.74, 6) is 0.616. The van der Waals surface area contributed by atoms with Crippen molar-refractivity contribution in [3.63, 3.8) is 0 Å². The first-order valence-corrected chi connectivity index (χ1v) is 8.89. The van der Waals surface area contributed by atoms with Crippen LogP contribution in [-0.4, -0.2) is 47.1 Å². The number of hydrogen-bond acceptors (Lipinski definition) is 5. The molecule has 1 N–H and O–H groups in total. The van der Waals surface area contributed by atoms with Crippen LogP contribution in [0.3, 0.4) is 0 Å². The molecule has 3 rings (SSSR count). The van der Waals surface area contributed by atoms with Gasteiger partial charge in [0.25, 0.3) is 5.22 Å². The Morgan fingerprint density at radius 1 is 1.21 bits per heavy atom. The van der Waals surface area contributed by atoms with Crippen LogP contribution in [0.1, 0.15) is 12.8 Å². The lowest BCUT2D eigenvalue weighted by Crippen LogP contribution is -2.39. The van der Waals surface area contributed by atoms with E-state index in [1.165, 1.54) is 11.8 Å². The Labute approximate surface area is 144 Å². The highest BCUT2D eigenvalue weighted by Gasteiger charge is 2.18. The van der Waals surface area contributed by atoms with E-state index in [4.69, 9.17) is 4.42 Å². The standard InChI is InChI=1S/C17H19N3O3S/c21-15(18-11-16(22)20-8-4-5-9-20)12-24-17-19-10-14(23-17)13-6-2-1-3-7-13/h1-3,6-7,10H,4-5,8-9,11-12H2,(H,18,21).